The lowest BCUT2D eigenvalue weighted by Crippen LogP contribution is -2.07. The number of hydrogen-bond donors (Lipinski definition) is 0. The van der Waals surface area contributed by atoms with Crippen molar-refractivity contribution in [2.24, 2.45) is 0 Å². The number of aromatic nitrogens is 2. The number of benzene rings is 1. The van der Waals surface area contributed by atoms with Crippen LogP contribution in [-0.2, 0) is 12.8 Å². The number of aryl methyl sites for hydroxylation is 2. The van der Waals surface area contributed by atoms with Gasteiger partial charge in [0.05, 0.1) is 0 Å². The molecule has 3 heterocycles. The predicted octanol–water partition coefficient (Wildman–Crippen LogP) is 4.79. The molecule has 0 fully saturated rings. The molecule has 5 rings (SSSR count). The molecule has 4 aromatic rings. The van der Waals surface area contributed by atoms with Gasteiger partial charge in [0.1, 0.15) is 20.9 Å². The Morgan fingerprint density at radius 3 is 2.69 bits per heavy atom. The predicted molar refractivity (Wildman–Crippen MR) is 100 cm³/mol. The summed E-state index contributed by atoms with van der Waals surface area (Å²) >= 11 is 1.33. The number of thiophene rings is 1. The van der Waals surface area contributed by atoms with E-state index in [1.165, 1.54) is 29.0 Å². The molecule has 4 nitrogen and oxygen atoms in total. The molecular weight excluding hydrogens is 351 g/mol. The second-order valence-electron chi connectivity index (χ2n) is 6.61. The van der Waals surface area contributed by atoms with Crippen LogP contribution in [0.1, 0.15) is 30.0 Å². The minimum atomic E-state index is -0.376. The lowest BCUT2D eigenvalue weighted by atomic mass is 9.87. The molecule has 0 bridgehead atoms. The van der Waals surface area contributed by atoms with E-state index in [9.17, 15) is 9.18 Å². The molecule has 130 valence electrons. The van der Waals surface area contributed by atoms with Gasteiger partial charge in [0.15, 0.2) is 5.89 Å². The summed E-state index contributed by atoms with van der Waals surface area (Å²) in [6.07, 6.45) is 4.07. The Morgan fingerprint density at radius 1 is 1.12 bits per heavy atom. The smallest absolute Gasteiger partial charge is 0.357 e. The van der Waals surface area contributed by atoms with Crippen LogP contribution in [0.3, 0.4) is 0 Å². The van der Waals surface area contributed by atoms with E-state index in [1.54, 1.807) is 19.1 Å². The molecule has 1 aromatic carbocycles. The Bertz CT molecular complexity index is 1220. The number of hydrogen-bond acceptors (Lipinski definition) is 5. The first-order chi connectivity index (χ1) is 12.6. The second kappa shape index (κ2) is 5.71. The maximum atomic E-state index is 13.5. The van der Waals surface area contributed by atoms with Gasteiger partial charge in [0.2, 0.25) is 0 Å². The van der Waals surface area contributed by atoms with Crippen LogP contribution in [0.25, 0.3) is 31.6 Å². The third kappa shape index (κ3) is 2.29. The van der Waals surface area contributed by atoms with E-state index in [-0.39, 0.29) is 11.4 Å². The molecule has 0 unspecified atom stereocenters. The molecule has 0 saturated heterocycles. The maximum Gasteiger partial charge on any atom is 0.357 e. The van der Waals surface area contributed by atoms with Crippen LogP contribution < -0.4 is 5.63 Å². The summed E-state index contributed by atoms with van der Waals surface area (Å²) in [6, 6.07) is 6.53. The van der Waals surface area contributed by atoms with Gasteiger partial charge in [-0.05, 0) is 54.5 Å². The van der Waals surface area contributed by atoms with Crippen molar-refractivity contribution in [1.82, 2.24) is 9.97 Å². The van der Waals surface area contributed by atoms with Crippen molar-refractivity contribution in [3.63, 3.8) is 0 Å². The first kappa shape index (κ1) is 15.6. The van der Waals surface area contributed by atoms with Gasteiger partial charge in [-0.3, -0.25) is 0 Å². The van der Waals surface area contributed by atoms with E-state index >= 15 is 0 Å². The molecule has 0 radical (unpaired) electrons. The van der Waals surface area contributed by atoms with Gasteiger partial charge in [-0.1, -0.05) is 12.1 Å². The first-order valence-corrected chi connectivity index (χ1v) is 9.45. The van der Waals surface area contributed by atoms with E-state index in [0.717, 1.165) is 52.7 Å². The second-order valence-corrected chi connectivity index (χ2v) is 7.61. The average Bonchev–Trinajstić information content (AvgIpc) is 2.99. The standard InChI is InChI=1S/C20H15FN2O2S/c1-10-22-17-16-15(11-6-8-12(21)9-7-11)13-4-2-3-5-14(13)23-19(16)26-18(17)20(24)25-10/h6-9H,2-5H2,1H3. The molecule has 1 aliphatic carbocycles. The van der Waals surface area contributed by atoms with Crippen LogP contribution in [0.2, 0.25) is 0 Å². The third-order valence-electron chi connectivity index (χ3n) is 4.92. The Morgan fingerprint density at radius 2 is 1.88 bits per heavy atom. The minimum absolute atomic E-state index is 0.266. The van der Waals surface area contributed by atoms with Crippen molar-refractivity contribution in [2.75, 3.05) is 0 Å². The lowest BCUT2D eigenvalue weighted by Gasteiger charge is -2.20. The summed E-state index contributed by atoms with van der Waals surface area (Å²) < 4.78 is 19.1. The molecule has 1 aliphatic rings. The molecule has 0 atom stereocenters. The summed E-state index contributed by atoms with van der Waals surface area (Å²) in [6.45, 7) is 1.67. The highest BCUT2D eigenvalue weighted by molar-refractivity contribution is 7.25. The van der Waals surface area contributed by atoms with E-state index in [2.05, 4.69) is 4.98 Å². The van der Waals surface area contributed by atoms with Crippen LogP contribution in [0, 0.1) is 12.7 Å². The van der Waals surface area contributed by atoms with Crippen molar-refractivity contribution in [3.8, 4) is 11.1 Å². The number of halogens is 1. The molecule has 0 aliphatic heterocycles. The van der Waals surface area contributed by atoms with Crippen molar-refractivity contribution < 1.29 is 8.81 Å². The Labute approximate surface area is 152 Å². The summed E-state index contributed by atoms with van der Waals surface area (Å²) in [4.78, 5) is 22.5. The minimum Gasteiger partial charge on any atom is -0.408 e. The fourth-order valence-electron chi connectivity index (χ4n) is 3.81. The van der Waals surface area contributed by atoms with Crippen LogP contribution >= 0.6 is 11.3 Å². The highest BCUT2D eigenvalue weighted by Gasteiger charge is 2.24. The number of fused-ring (bicyclic) bond motifs is 4. The van der Waals surface area contributed by atoms with Gasteiger partial charge in [0.25, 0.3) is 0 Å². The molecule has 0 saturated carbocycles. The zero-order valence-corrected chi connectivity index (χ0v) is 15.0. The lowest BCUT2D eigenvalue weighted by molar-refractivity contribution is 0.468. The maximum absolute atomic E-state index is 13.5. The van der Waals surface area contributed by atoms with Crippen LogP contribution in [-0.4, -0.2) is 9.97 Å². The highest BCUT2D eigenvalue weighted by atomic mass is 32.1. The van der Waals surface area contributed by atoms with Gasteiger partial charge in [-0.2, -0.15) is 0 Å². The fraction of sp³-hybridized carbons (Fsp3) is 0.250. The van der Waals surface area contributed by atoms with Gasteiger partial charge in [-0.25, -0.2) is 19.2 Å². The normalized spacial score (nSPS) is 14.1. The summed E-state index contributed by atoms with van der Waals surface area (Å²) in [7, 11) is 0. The monoisotopic (exact) mass is 366 g/mol. The van der Waals surface area contributed by atoms with Crippen molar-refractivity contribution in [2.45, 2.75) is 32.6 Å². The van der Waals surface area contributed by atoms with E-state index in [1.807, 2.05) is 0 Å². The van der Waals surface area contributed by atoms with Crippen molar-refractivity contribution in [1.29, 1.82) is 0 Å². The van der Waals surface area contributed by atoms with E-state index in [4.69, 9.17) is 9.40 Å². The highest BCUT2D eigenvalue weighted by Crippen LogP contribution is 2.42. The fourth-order valence-corrected chi connectivity index (χ4v) is 4.83. The first-order valence-electron chi connectivity index (χ1n) is 8.63. The van der Waals surface area contributed by atoms with Gasteiger partial charge >= 0.3 is 5.63 Å². The van der Waals surface area contributed by atoms with Crippen LogP contribution in [0.15, 0.2) is 33.5 Å². The molecule has 0 spiro atoms. The Hall–Kier alpha value is -2.60. The molecular formula is C20H15FN2O2S. The van der Waals surface area contributed by atoms with Gasteiger partial charge < -0.3 is 4.42 Å². The van der Waals surface area contributed by atoms with Crippen LogP contribution in [0.4, 0.5) is 4.39 Å². The topological polar surface area (TPSA) is 56.0 Å². The molecule has 26 heavy (non-hydrogen) atoms. The molecule has 3 aromatic heterocycles. The van der Waals surface area contributed by atoms with Crippen molar-refractivity contribution >= 4 is 31.8 Å². The Balaban J connectivity index is 1.99. The summed E-state index contributed by atoms with van der Waals surface area (Å²) in [5, 5.41) is 0.883. The quantitative estimate of drug-likeness (QED) is 0.486. The SMILES string of the molecule is Cc1nc2c(sc3nc4c(c(-c5ccc(F)cc5)c32)CCCC4)c(=O)o1. The number of nitrogens with zero attached hydrogens (tertiary/aromatic N) is 2. The number of pyridine rings is 1. The summed E-state index contributed by atoms with van der Waals surface area (Å²) in [5.74, 6) is 0.0719. The Kier molecular flexibility index (Phi) is 3.43. The van der Waals surface area contributed by atoms with Gasteiger partial charge in [0, 0.05) is 18.0 Å². The third-order valence-corrected chi connectivity index (χ3v) is 5.97. The zero-order chi connectivity index (χ0) is 17.8. The van der Waals surface area contributed by atoms with E-state index in [0.29, 0.717) is 16.1 Å². The summed E-state index contributed by atoms with van der Waals surface area (Å²) in [5.41, 5.74) is 4.51. The molecule has 0 amide bonds. The molecule has 6 heteroatoms. The van der Waals surface area contributed by atoms with Crippen molar-refractivity contribution in [3.05, 3.63) is 57.7 Å². The van der Waals surface area contributed by atoms with Crippen LogP contribution in [0.5, 0.6) is 0 Å². The average molecular weight is 366 g/mol. The van der Waals surface area contributed by atoms with Gasteiger partial charge in [-0.15, -0.1) is 11.3 Å². The van der Waals surface area contributed by atoms with E-state index < -0.39 is 0 Å². The molecule has 0 N–H and O–H groups in total. The zero-order valence-electron chi connectivity index (χ0n) is 14.1. The number of rotatable bonds is 1. The largest absolute Gasteiger partial charge is 0.408 e.